The van der Waals surface area contributed by atoms with Gasteiger partial charge >= 0.3 is 18.0 Å². The first-order chi connectivity index (χ1) is 20.9. The number of hydrogen-bond acceptors (Lipinski definition) is 10. The second-order valence-electron chi connectivity index (χ2n) is 10.5. The van der Waals surface area contributed by atoms with Crippen molar-refractivity contribution in [2.45, 2.75) is 64.6 Å². The summed E-state index contributed by atoms with van der Waals surface area (Å²) in [4.78, 5) is 52.7. The molecule has 1 saturated heterocycles. The van der Waals surface area contributed by atoms with Gasteiger partial charge < -0.3 is 36.0 Å². The third-order valence-corrected chi connectivity index (χ3v) is 7.38. The first-order valence-electron chi connectivity index (χ1n) is 14.0. The van der Waals surface area contributed by atoms with Gasteiger partial charge in [-0.1, -0.05) is 24.1 Å². The number of piperidine rings is 1. The van der Waals surface area contributed by atoms with Crippen LogP contribution in [-0.4, -0.2) is 101 Å². The molecule has 6 N–H and O–H groups in total. The van der Waals surface area contributed by atoms with Crippen LogP contribution >= 0.6 is 0 Å². The van der Waals surface area contributed by atoms with E-state index in [0.717, 1.165) is 54.2 Å². The Bertz CT molecular complexity index is 1600. The zero-order valence-corrected chi connectivity index (χ0v) is 24.7. The Hall–Kier alpha value is -4.78. The highest BCUT2D eigenvalue weighted by molar-refractivity contribution is 5.93. The fourth-order valence-corrected chi connectivity index (χ4v) is 5.12. The van der Waals surface area contributed by atoms with Gasteiger partial charge in [0.2, 0.25) is 5.95 Å². The van der Waals surface area contributed by atoms with E-state index in [-0.39, 0.29) is 12.1 Å². The number of hydrogen-bond donors (Lipinski definition) is 5. The highest BCUT2D eigenvalue weighted by Gasteiger charge is 2.35. The van der Waals surface area contributed by atoms with Crippen molar-refractivity contribution in [1.82, 2.24) is 24.4 Å². The van der Waals surface area contributed by atoms with E-state index in [2.05, 4.69) is 26.3 Å². The maximum atomic E-state index is 13.3. The number of fused-ring (bicyclic) bond motifs is 2. The fourth-order valence-electron chi connectivity index (χ4n) is 5.12. The first kappa shape index (κ1) is 32.1. The number of carboxylic acid groups (broad SMARTS) is 2. The summed E-state index contributed by atoms with van der Waals surface area (Å²) in [7, 11) is 1.77. The maximum absolute atomic E-state index is 13.3. The molecule has 4 heterocycles. The number of aliphatic hydroxyl groups excluding tert-OH is 2. The molecule has 3 aromatic rings. The summed E-state index contributed by atoms with van der Waals surface area (Å²) in [6.07, 6.45) is -2.49. The Kier molecular flexibility index (Phi) is 9.99. The Morgan fingerprint density at radius 3 is 2.43 bits per heavy atom. The van der Waals surface area contributed by atoms with Crippen molar-refractivity contribution in [1.29, 1.82) is 0 Å². The number of aryl methyl sites for hydroxylation is 1. The molecule has 0 aliphatic carbocycles. The monoisotopic (exact) mass is 608 g/mol. The lowest BCUT2D eigenvalue weighted by Crippen LogP contribution is -2.45. The van der Waals surface area contributed by atoms with Crippen LogP contribution in [0.3, 0.4) is 0 Å². The molecule has 15 nitrogen and oxygen atoms in total. The Balaban J connectivity index is 0.000000382. The predicted molar refractivity (Wildman–Crippen MR) is 160 cm³/mol. The number of imidazole rings is 1. The third kappa shape index (κ3) is 6.88. The number of rotatable bonds is 7. The van der Waals surface area contributed by atoms with Crippen LogP contribution in [0.1, 0.15) is 37.0 Å². The second kappa shape index (κ2) is 13.7. The largest absolute Gasteiger partial charge is 0.479 e. The van der Waals surface area contributed by atoms with Crippen molar-refractivity contribution in [3.63, 3.8) is 0 Å². The molecular weight excluding hydrogens is 572 g/mol. The molecule has 1 fully saturated rings. The zero-order chi connectivity index (χ0) is 32.1. The minimum Gasteiger partial charge on any atom is -0.479 e. The second-order valence-corrected chi connectivity index (χ2v) is 10.5. The Morgan fingerprint density at radius 1 is 1.11 bits per heavy atom. The number of urea groups is 1. The third-order valence-electron chi connectivity index (χ3n) is 7.38. The van der Waals surface area contributed by atoms with E-state index < -0.39 is 24.1 Å². The van der Waals surface area contributed by atoms with Crippen LogP contribution in [0.5, 0.6) is 0 Å². The molecule has 0 radical (unpaired) electrons. The van der Waals surface area contributed by atoms with Crippen molar-refractivity contribution in [3.05, 3.63) is 41.5 Å². The molecule has 2 amide bonds. The standard InChI is InChI=1S/C25H30N8O.C4H6O6/c1-4-5-13-33-21-15-32(16-22-27-17(2)19-10-6-7-11-20(19)28-22)25(34)30(3)23(21)29-24(33)31-12-8-9-18(26)14-31;5-1(3(7)8)2(6)4(9)10/h6-7,10-11,18H,8-9,12-16,26H2,1-3H3;1-2,5-6H,(H,7,8)(H,9,10)/t18-;1-,2-/m10/s1. The first-order valence-corrected chi connectivity index (χ1v) is 14.0. The van der Waals surface area contributed by atoms with E-state index in [1.165, 1.54) is 0 Å². The molecule has 3 atom stereocenters. The summed E-state index contributed by atoms with van der Waals surface area (Å²) in [5, 5.41) is 33.6. The van der Waals surface area contributed by atoms with E-state index in [0.29, 0.717) is 31.3 Å². The Labute approximate surface area is 253 Å². The summed E-state index contributed by atoms with van der Waals surface area (Å²) in [6.45, 7) is 6.72. The lowest BCUT2D eigenvalue weighted by Gasteiger charge is -2.33. The number of carbonyl (C=O) groups excluding carboxylic acids is 1. The molecule has 1 aromatic carbocycles. The number of aliphatic hydroxyl groups is 2. The van der Waals surface area contributed by atoms with Gasteiger partial charge in [0, 0.05) is 37.3 Å². The van der Waals surface area contributed by atoms with Crippen molar-refractivity contribution in [2.75, 3.05) is 29.9 Å². The van der Waals surface area contributed by atoms with Gasteiger partial charge in [-0.15, -0.1) is 5.92 Å². The minimum atomic E-state index is -2.27. The van der Waals surface area contributed by atoms with Crippen LogP contribution in [0, 0.1) is 18.8 Å². The molecule has 0 spiro atoms. The Morgan fingerprint density at radius 2 is 1.80 bits per heavy atom. The van der Waals surface area contributed by atoms with E-state index >= 15 is 0 Å². The van der Waals surface area contributed by atoms with Crippen molar-refractivity contribution < 1.29 is 34.8 Å². The van der Waals surface area contributed by atoms with Gasteiger partial charge in [0.25, 0.3) is 0 Å². The average molecular weight is 609 g/mol. The number of amides is 2. The number of benzene rings is 1. The summed E-state index contributed by atoms with van der Waals surface area (Å²) in [6, 6.07) is 7.95. The fraction of sp³-hybridized carbons (Fsp3) is 0.448. The molecular formula is C29H36N8O7. The minimum absolute atomic E-state index is 0.116. The highest BCUT2D eigenvalue weighted by Crippen LogP contribution is 2.33. The van der Waals surface area contributed by atoms with Gasteiger partial charge in [0.15, 0.2) is 18.0 Å². The van der Waals surface area contributed by atoms with Gasteiger partial charge in [0.1, 0.15) is 5.82 Å². The van der Waals surface area contributed by atoms with E-state index in [1.807, 2.05) is 38.1 Å². The van der Waals surface area contributed by atoms with Gasteiger partial charge in [-0.05, 0) is 32.8 Å². The predicted octanol–water partition coefficient (Wildman–Crippen LogP) is 0.535. The van der Waals surface area contributed by atoms with Gasteiger partial charge in [-0.2, -0.15) is 4.98 Å². The van der Waals surface area contributed by atoms with Crippen LogP contribution in [-0.2, 0) is 29.2 Å². The molecule has 0 saturated carbocycles. The van der Waals surface area contributed by atoms with Crippen molar-refractivity contribution in [2.24, 2.45) is 5.73 Å². The number of carbonyl (C=O) groups is 3. The van der Waals surface area contributed by atoms with E-state index in [9.17, 15) is 14.4 Å². The molecule has 0 bridgehead atoms. The molecule has 234 valence electrons. The summed E-state index contributed by atoms with van der Waals surface area (Å²) in [5.74, 6) is 4.78. The quantitative estimate of drug-likeness (QED) is 0.233. The number of carboxylic acids is 2. The van der Waals surface area contributed by atoms with Crippen molar-refractivity contribution >= 4 is 40.6 Å². The normalized spacial score (nSPS) is 17.6. The molecule has 2 aliphatic heterocycles. The molecule has 5 rings (SSSR count). The number of para-hydroxylation sites is 1. The van der Waals surface area contributed by atoms with E-state index in [1.54, 1.807) is 16.8 Å². The smallest absolute Gasteiger partial charge is 0.335 e. The number of aromatic nitrogens is 4. The number of anilines is 2. The lowest BCUT2D eigenvalue weighted by molar-refractivity contribution is -0.165. The topological polar surface area (TPSA) is 211 Å². The SMILES string of the molecule is CC#CCn1c(N2CCC[C@@H](N)C2)nc2c1CN(Cc1nc(C)c3ccccc3n1)C(=O)N2C.O=C(O)[C@@H](O)[C@H](O)C(=O)O. The van der Waals surface area contributed by atoms with Crippen LogP contribution < -0.4 is 15.5 Å². The molecule has 15 heteroatoms. The zero-order valence-electron chi connectivity index (χ0n) is 24.7. The number of nitrogens with zero attached hydrogens (tertiary/aromatic N) is 7. The number of nitrogens with two attached hydrogens (primary N) is 1. The van der Waals surface area contributed by atoms with Crippen LogP contribution in [0.2, 0.25) is 0 Å². The summed E-state index contributed by atoms with van der Waals surface area (Å²) < 4.78 is 2.13. The number of aliphatic carboxylic acids is 2. The van der Waals surface area contributed by atoms with Crippen molar-refractivity contribution in [3.8, 4) is 11.8 Å². The van der Waals surface area contributed by atoms with Gasteiger partial charge in [-0.25, -0.2) is 24.4 Å². The summed E-state index contributed by atoms with van der Waals surface area (Å²) >= 11 is 0. The maximum Gasteiger partial charge on any atom is 0.335 e. The average Bonchev–Trinajstić information content (AvgIpc) is 3.36. The molecule has 0 unspecified atom stereocenters. The molecule has 2 aliphatic rings. The molecule has 2 aromatic heterocycles. The van der Waals surface area contributed by atoms with E-state index in [4.69, 9.17) is 36.1 Å². The van der Waals surface area contributed by atoms with Gasteiger partial charge in [0.05, 0.1) is 30.8 Å². The lowest BCUT2D eigenvalue weighted by atomic mass is 10.1. The van der Waals surface area contributed by atoms with Gasteiger partial charge in [-0.3, -0.25) is 9.47 Å². The van der Waals surface area contributed by atoms with Crippen LogP contribution in [0.4, 0.5) is 16.6 Å². The summed E-state index contributed by atoms with van der Waals surface area (Å²) in [5.41, 5.74) is 9.01. The molecule has 44 heavy (non-hydrogen) atoms. The van der Waals surface area contributed by atoms with Crippen LogP contribution in [0.25, 0.3) is 10.9 Å². The van der Waals surface area contributed by atoms with Crippen LogP contribution in [0.15, 0.2) is 24.3 Å². The highest BCUT2D eigenvalue weighted by atomic mass is 16.4.